The molecule has 0 nitrogen and oxygen atoms in total. The molecule has 0 spiro atoms. The van der Waals surface area contributed by atoms with Gasteiger partial charge >= 0.3 is 0 Å². The average molecular weight is 336 g/mol. The Morgan fingerprint density at radius 1 is 1.42 bits per heavy atom. The Morgan fingerprint density at radius 3 is 2.67 bits per heavy atom. The van der Waals surface area contributed by atoms with Crippen molar-refractivity contribution in [2.45, 2.75) is 58.8 Å². The van der Waals surface area contributed by atoms with Crippen LogP contribution >= 0.6 is 0 Å². The first-order chi connectivity index (χ1) is 11.3. The van der Waals surface area contributed by atoms with Crippen LogP contribution in [0.4, 0.5) is 13.2 Å². The van der Waals surface area contributed by atoms with Gasteiger partial charge in [-0.05, 0) is 60.8 Å². The highest BCUT2D eigenvalue weighted by atomic mass is 19.2. The van der Waals surface area contributed by atoms with Crippen molar-refractivity contribution in [2.24, 2.45) is 11.8 Å². The van der Waals surface area contributed by atoms with Crippen LogP contribution in [0.3, 0.4) is 0 Å². The van der Waals surface area contributed by atoms with Gasteiger partial charge in [0.05, 0.1) is 0 Å². The van der Waals surface area contributed by atoms with Crippen LogP contribution in [0, 0.1) is 11.8 Å². The quantitative estimate of drug-likeness (QED) is 0.488. The highest BCUT2D eigenvalue weighted by molar-refractivity contribution is 5.41. The molecule has 0 heterocycles. The third-order valence-corrected chi connectivity index (χ3v) is 5.12. The summed E-state index contributed by atoms with van der Waals surface area (Å²) in [5, 5.41) is 0. The topological polar surface area (TPSA) is 0 Å². The summed E-state index contributed by atoms with van der Waals surface area (Å²) in [5.74, 6) is -0.474. The first kappa shape index (κ1) is 18.8. The molecular formula is C21H27F3. The van der Waals surface area contributed by atoms with Crippen molar-refractivity contribution in [3.8, 4) is 0 Å². The molecule has 2 aliphatic rings. The van der Waals surface area contributed by atoms with Gasteiger partial charge in [0.2, 0.25) is 0 Å². The van der Waals surface area contributed by atoms with Crippen molar-refractivity contribution in [3.05, 3.63) is 59.0 Å². The van der Waals surface area contributed by atoms with Gasteiger partial charge in [0.1, 0.15) is 18.2 Å². The van der Waals surface area contributed by atoms with Gasteiger partial charge < -0.3 is 0 Å². The monoisotopic (exact) mass is 336 g/mol. The van der Waals surface area contributed by atoms with Gasteiger partial charge in [0.25, 0.3) is 0 Å². The lowest BCUT2D eigenvalue weighted by molar-refractivity contribution is 0.308. The van der Waals surface area contributed by atoms with Crippen LogP contribution in [0.15, 0.2) is 59.0 Å². The molecule has 0 aromatic heterocycles. The minimum absolute atomic E-state index is 0.158. The van der Waals surface area contributed by atoms with Gasteiger partial charge in [0.15, 0.2) is 0 Å². The zero-order valence-corrected chi connectivity index (χ0v) is 14.8. The zero-order valence-electron chi connectivity index (χ0n) is 14.8. The number of rotatable bonds is 5. The molecule has 0 saturated carbocycles. The van der Waals surface area contributed by atoms with Crippen molar-refractivity contribution in [1.29, 1.82) is 0 Å². The normalized spacial score (nSPS) is 29.5. The average Bonchev–Trinajstić information content (AvgIpc) is 2.54. The van der Waals surface area contributed by atoms with Gasteiger partial charge in [-0.25, -0.2) is 13.2 Å². The van der Waals surface area contributed by atoms with E-state index in [0.29, 0.717) is 18.4 Å². The molecule has 0 amide bonds. The van der Waals surface area contributed by atoms with Crippen molar-refractivity contribution in [1.82, 2.24) is 0 Å². The van der Waals surface area contributed by atoms with Crippen LogP contribution in [0.25, 0.3) is 0 Å². The van der Waals surface area contributed by atoms with E-state index >= 15 is 0 Å². The minimum Gasteiger partial charge on any atom is -0.242 e. The van der Waals surface area contributed by atoms with Crippen LogP contribution in [0.5, 0.6) is 0 Å². The molecule has 0 aromatic rings. The molecule has 0 bridgehead atoms. The second kappa shape index (κ2) is 8.04. The van der Waals surface area contributed by atoms with Gasteiger partial charge in [0, 0.05) is 6.42 Å². The lowest BCUT2D eigenvalue weighted by Crippen LogP contribution is -2.24. The molecule has 4 unspecified atom stereocenters. The van der Waals surface area contributed by atoms with Crippen molar-refractivity contribution in [2.75, 3.05) is 0 Å². The predicted molar refractivity (Wildman–Crippen MR) is 94.8 cm³/mol. The number of halogens is 3. The largest absolute Gasteiger partial charge is 0.242 e. The van der Waals surface area contributed by atoms with E-state index in [1.165, 1.54) is 13.0 Å². The summed E-state index contributed by atoms with van der Waals surface area (Å²) in [5.41, 5.74) is 3.48. The molecule has 0 radical (unpaired) electrons. The summed E-state index contributed by atoms with van der Waals surface area (Å²) in [4.78, 5) is 0. The first-order valence-electron chi connectivity index (χ1n) is 8.78. The van der Waals surface area contributed by atoms with E-state index in [1.807, 2.05) is 19.1 Å². The van der Waals surface area contributed by atoms with E-state index in [0.717, 1.165) is 29.6 Å². The predicted octanol–water partition coefficient (Wildman–Crippen LogP) is 6.73. The van der Waals surface area contributed by atoms with Crippen LogP contribution < -0.4 is 0 Å². The molecule has 24 heavy (non-hydrogen) atoms. The minimum atomic E-state index is -1.62. The summed E-state index contributed by atoms with van der Waals surface area (Å²) < 4.78 is 40.9. The lowest BCUT2D eigenvalue weighted by atomic mass is 9.73. The lowest BCUT2D eigenvalue weighted by Gasteiger charge is -2.33. The molecule has 0 aliphatic heterocycles. The van der Waals surface area contributed by atoms with E-state index in [2.05, 4.69) is 19.6 Å². The SMILES string of the molecule is C=C(/C=C(/F)C(C)F)C1=CC(C)C(C2=CC=C(CC)CC2F)CC1. The highest BCUT2D eigenvalue weighted by Crippen LogP contribution is 2.40. The Labute approximate surface area is 143 Å². The maximum absolute atomic E-state index is 14.5. The molecule has 3 heteroatoms. The Balaban J connectivity index is 2.14. The summed E-state index contributed by atoms with van der Waals surface area (Å²) in [6.07, 6.45) is 7.61. The van der Waals surface area contributed by atoms with Crippen LogP contribution in [-0.2, 0) is 0 Å². The molecule has 132 valence electrons. The summed E-state index contributed by atoms with van der Waals surface area (Å²) in [6, 6.07) is 0. The number of allylic oxidation sites excluding steroid dienone is 9. The molecule has 0 aromatic carbocycles. The standard InChI is InChI=1S/C21H27F3/c1-5-16-6-8-19(21(24)12-16)18-9-7-17(10-14(18)3)13(2)11-20(23)15(4)22/h6,8,10-11,14-15,18,21H,2,5,7,9,12H2,1,3-4H3/b20-11+. The molecule has 2 rings (SSSR count). The van der Waals surface area contributed by atoms with Gasteiger partial charge in [-0.2, -0.15) is 0 Å². The third-order valence-electron chi connectivity index (χ3n) is 5.12. The smallest absolute Gasteiger partial charge is 0.149 e. The Kier molecular flexibility index (Phi) is 6.31. The van der Waals surface area contributed by atoms with E-state index in [-0.39, 0.29) is 11.8 Å². The molecule has 0 N–H and O–H groups in total. The van der Waals surface area contributed by atoms with E-state index in [4.69, 9.17) is 0 Å². The molecule has 2 aliphatic carbocycles. The first-order valence-corrected chi connectivity index (χ1v) is 8.78. The maximum Gasteiger partial charge on any atom is 0.149 e. The van der Waals surface area contributed by atoms with Crippen molar-refractivity contribution < 1.29 is 13.2 Å². The second-order valence-electron chi connectivity index (χ2n) is 6.88. The number of hydrogen-bond acceptors (Lipinski definition) is 0. The Hall–Kier alpha value is -1.51. The van der Waals surface area contributed by atoms with E-state index in [9.17, 15) is 13.2 Å². The highest BCUT2D eigenvalue weighted by Gasteiger charge is 2.31. The van der Waals surface area contributed by atoms with Crippen molar-refractivity contribution >= 4 is 0 Å². The number of hydrogen-bond donors (Lipinski definition) is 0. The van der Waals surface area contributed by atoms with Crippen molar-refractivity contribution in [3.63, 3.8) is 0 Å². The number of alkyl halides is 2. The molecule has 0 fully saturated rings. The Morgan fingerprint density at radius 2 is 2.12 bits per heavy atom. The fourth-order valence-electron chi connectivity index (χ4n) is 3.56. The maximum atomic E-state index is 14.5. The Bertz CT molecular complexity index is 605. The van der Waals surface area contributed by atoms with Crippen LogP contribution in [0.1, 0.15) is 46.5 Å². The van der Waals surface area contributed by atoms with Gasteiger partial charge in [-0.1, -0.05) is 44.2 Å². The van der Waals surface area contributed by atoms with Gasteiger partial charge in [-0.3, -0.25) is 0 Å². The molecule has 4 atom stereocenters. The summed E-state index contributed by atoms with van der Waals surface area (Å²) >= 11 is 0. The second-order valence-corrected chi connectivity index (χ2v) is 6.88. The fourth-order valence-corrected chi connectivity index (χ4v) is 3.56. The van der Waals surface area contributed by atoms with Crippen LogP contribution in [-0.4, -0.2) is 12.3 Å². The zero-order chi connectivity index (χ0) is 17.9. The summed E-state index contributed by atoms with van der Waals surface area (Å²) in [7, 11) is 0. The van der Waals surface area contributed by atoms with Gasteiger partial charge in [-0.15, -0.1) is 0 Å². The summed E-state index contributed by atoms with van der Waals surface area (Å²) in [6.45, 7) is 9.13. The third kappa shape index (κ3) is 4.31. The van der Waals surface area contributed by atoms with E-state index < -0.39 is 18.2 Å². The van der Waals surface area contributed by atoms with Crippen LogP contribution in [0.2, 0.25) is 0 Å². The molecule has 0 saturated heterocycles. The molecular weight excluding hydrogens is 309 g/mol. The fraction of sp³-hybridized carbons (Fsp3) is 0.524. The van der Waals surface area contributed by atoms with E-state index in [1.54, 1.807) is 0 Å².